The lowest BCUT2D eigenvalue weighted by atomic mass is 9.71. The molecule has 1 saturated carbocycles. The van der Waals surface area contributed by atoms with E-state index < -0.39 is 15.6 Å². The highest BCUT2D eigenvalue weighted by Gasteiger charge is 2.36. The maximum absolute atomic E-state index is 13.2. The van der Waals surface area contributed by atoms with E-state index in [-0.39, 0.29) is 22.5 Å². The monoisotopic (exact) mass is 566 g/mol. The predicted octanol–water partition coefficient (Wildman–Crippen LogP) is 6.61. The van der Waals surface area contributed by atoms with E-state index in [0.717, 1.165) is 48.4 Å². The van der Waals surface area contributed by atoms with E-state index in [0.29, 0.717) is 17.8 Å². The van der Waals surface area contributed by atoms with E-state index in [2.05, 4.69) is 10.0 Å². The van der Waals surface area contributed by atoms with E-state index in [1.165, 1.54) is 12.5 Å². The van der Waals surface area contributed by atoms with Crippen LogP contribution in [-0.4, -0.2) is 37.7 Å². The van der Waals surface area contributed by atoms with E-state index >= 15 is 0 Å². The van der Waals surface area contributed by atoms with Gasteiger partial charge in [0.15, 0.2) is 0 Å². The molecular formula is C28H46N4O4S2. The number of carbonyl (C=O) groups is 1. The van der Waals surface area contributed by atoms with Crippen LogP contribution < -0.4 is 15.8 Å². The minimum atomic E-state index is -3.79. The Bertz CT molecular complexity index is 1150. The van der Waals surface area contributed by atoms with E-state index in [9.17, 15) is 13.2 Å². The van der Waals surface area contributed by atoms with Crippen LogP contribution in [-0.2, 0) is 20.2 Å². The first-order chi connectivity index (χ1) is 17.8. The van der Waals surface area contributed by atoms with Crippen molar-refractivity contribution in [2.75, 3.05) is 12.3 Å². The zero-order valence-electron chi connectivity index (χ0n) is 24.0. The topological polar surface area (TPSA) is 123 Å². The quantitative estimate of drug-likeness (QED) is 0.232. The predicted molar refractivity (Wildman–Crippen MR) is 157 cm³/mol. The number of rotatable bonds is 9. The molecule has 1 amide bonds. The van der Waals surface area contributed by atoms with Gasteiger partial charge in [0, 0.05) is 34.9 Å². The number of nitrogens with zero attached hydrogens (tertiary/aromatic N) is 1. The van der Waals surface area contributed by atoms with Crippen molar-refractivity contribution in [1.29, 1.82) is 0 Å². The first-order valence-corrected chi connectivity index (χ1v) is 16.0. The molecule has 1 aromatic heterocycles. The van der Waals surface area contributed by atoms with Crippen molar-refractivity contribution in [1.82, 2.24) is 15.0 Å². The molecule has 2 aromatic rings. The smallest absolute Gasteiger partial charge is 0.407 e. The van der Waals surface area contributed by atoms with E-state index in [1.54, 1.807) is 29.7 Å². The summed E-state index contributed by atoms with van der Waals surface area (Å²) in [5.41, 5.74) is 6.29. The summed E-state index contributed by atoms with van der Waals surface area (Å²) in [6, 6.07) is 5.01. The molecule has 1 heterocycles. The Morgan fingerprint density at radius 2 is 1.84 bits per heavy atom. The lowest BCUT2D eigenvalue weighted by Crippen LogP contribution is -2.40. The van der Waals surface area contributed by atoms with Crippen LogP contribution in [0.25, 0.3) is 10.4 Å². The van der Waals surface area contributed by atoms with Crippen LogP contribution in [0.5, 0.6) is 0 Å². The van der Waals surface area contributed by atoms with Crippen molar-refractivity contribution < 1.29 is 17.9 Å². The molecule has 0 unspecified atom stereocenters. The minimum Gasteiger partial charge on any atom is -0.447 e. The van der Waals surface area contributed by atoms with Gasteiger partial charge < -0.3 is 15.8 Å². The zero-order valence-corrected chi connectivity index (χ0v) is 25.7. The van der Waals surface area contributed by atoms with Gasteiger partial charge in [0.2, 0.25) is 10.0 Å². The van der Waals surface area contributed by atoms with Gasteiger partial charge in [0.05, 0.1) is 20.9 Å². The lowest BCUT2D eigenvalue weighted by Gasteiger charge is -2.35. The normalized spacial score (nSPS) is 15.5. The number of sulfonamides is 1. The van der Waals surface area contributed by atoms with Gasteiger partial charge in [-0.3, -0.25) is 0 Å². The standard InChI is InChI=1S/C26H40N4O4S2.C2H6/c1-18(2)34-24(31)28-15-9-14-26(12-7-6-8-13-26)23-29-17-21(35-23)20-11-10-19(27)16-22(20)36(32,33)30-25(3,4)5;1-2/h10-11,16-18,30H,6-9,12-15,27H2,1-5H3,(H,28,31);1-2H3. The third-order valence-electron chi connectivity index (χ3n) is 6.22. The number of alkyl carbamates (subject to hydrolysis) is 1. The maximum atomic E-state index is 13.2. The second-order valence-corrected chi connectivity index (χ2v) is 13.6. The summed E-state index contributed by atoms with van der Waals surface area (Å²) in [7, 11) is -3.79. The zero-order chi connectivity index (χ0) is 28.6. The summed E-state index contributed by atoms with van der Waals surface area (Å²) in [5.74, 6) is 0. The average Bonchev–Trinajstić information content (AvgIpc) is 3.33. The Labute approximate surface area is 233 Å². The second kappa shape index (κ2) is 13.8. The van der Waals surface area contributed by atoms with Crippen LogP contribution in [0.15, 0.2) is 29.3 Å². The van der Waals surface area contributed by atoms with E-state index in [4.69, 9.17) is 15.5 Å². The molecule has 4 N–H and O–H groups in total. The molecular weight excluding hydrogens is 520 g/mol. The number of nitrogens with two attached hydrogens (primary N) is 1. The Morgan fingerprint density at radius 1 is 1.18 bits per heavy atom. The molecule has 0 aliphatic heterocycles. The first kappa shape index (κ1) is 32.0. The molecule has 0 atom stereocenters. The molecule has 0 bridgehead atoms. The van der Waals surface area contributed by atoms with Crippen LogP contribution in [0, 0.1) is 0 Å². The summed E-state index contributed by atoms with van der Waals surface area (Å²) in [6.45, 7) is 13.6. The van der Waals surface area contributed by atoms with Gasteiger partial charge in [-0.1, -0.05) is 39.2 Å². The number of thiazole rings is 1. The number of nitrogens with one attached hydrogen (secondary N) is 2. The van der Waals surface area contributed by atoms with Gasteiger partial charge in [-0.15, -0.1) is 11.3 Å². The molecule has 8 nitrogen and oxygen atoms in total. The second-order valence-electron chi connectivity index (χ2n) is 11.0. The lowest BCUT2D eigenvalue weighted by molar-refractivity contribution is 0.115. The summed E-state index contributed by atoms with van der Waals surface area (Å²) in [4.78, 5) is 17.6. The molecule has 1 aliphatic carbocycles. The number of nitrogen functional groups attached to an aromatic ring is 1. The SMILES string of the molecule is CC.CC(C)OC(=O)NCCCC1(c2ncc(-c3ccc(N)cc3S(=O)(=O)NC(C)(C)C)s2)CCCCC1. The van der Waals surface area contributed by atoms with Crippen LogP contribution in [0.2, 0.25) is 0 Å². The molecule has 0 radical (unpaired) electrons. The Hall–Kier alpha value is -2.17. The summed E-state index contributed by atoms with van der Waals surface area (Å²) in [5, 5.41) is 3.87. The molecule has 10 heteroatoms. The van der Waals surface area contributed by atoms with Crippen molar-refractivity contribution in [2.45, 2.75) is 115 Å². The number of benzene rings is 1. The van der Waals surface area contributed by atoms with Crippen molar-refractivity contribution in [2.24, 2.45) is 0 Å². The van der Waals surface area contributed by atoms with Crippen molar-refractivity contribution in [3.05, 3.63) is 29.4 Å². The molecule has 3 rings (SSSR count). The highest BCUT2D eigenvalue weighted by Crippen LogP contribution is 2.46. The number of hydrogen-bond acceptors (Lipinski definition) is 7. The van der Waals surface area contributed by atoms with Crippen LogP contribution >= 0.6 is 11.3 Å². The molecule has 0 saturated heterocycles. The van der Waals surface area contributed by atoms with Crippen LogP contribution in [0.1, 0.15) is 98.4 Å². The van der Waals surface area contributed by atoms with Crippen molar-refractivity contribution in [3.8, 4) is 10.4 Å². The summed E-state index contributed by atoms with van der Waals surface area (Å²) >= 11 is 1.56. The number of aromatic nitrogens is 1. The molecule has 0 spiro atoms. The van der Waals surface area contributed by atoms with E-state index in [1.807, 2.05) is 48.5 Å². The van der Waals surface area contributed by atoms with Gasteiger partial charge >= 0.3 is 6.09 Å². The number of amides is 1. The van der Waals surface area contributed by atoms with Crippen LogP contribution in [0.3, 0.4) is 0 Å². The van der Waals surface area contributed by atoms with Crippen LogP contribution in [0.4, 0.5) is 10.5 Å². The molecule has 1 fully saturated rings. The van der Waals surface area contributed by atoms with Gasteiger partial charge in [-0.05, 0) is 72.4 Å². The Morgan fingerprint density at radius 3 is 2.45 bits per heavy atom. The number of anilines is 1. The largest absolute Gasteiger partial charge is 0.447 e. The summed E-state index contributed by atoms with van der Waals surface area (Å²) in [6.07, 6.45) is 8.52. The van der Waals surface area contributed by atoms with Gasteiger partial charge in [0.1, 0.15) is 0 Å². The fourth-order valence-corrected chi connectivity index (χ4v) is 7.71. The molecule has 38 heavy (non-hydrogen) atoms. The van der Waals surface area contributed by atoms with Gasteiger partial charge in [-0.2, -0.15) is 0 Å². The maximum Gasteiger partial charge on any atom is 0.407 e. The highest BCUT2D eigenvalue weighted by molar-refractivity contribution is 7.89. The molecule has 1 aliphatic rings. The van der Waals surface area contributed by atoms with Gasteiger partial charge in [-0.25, -0.2) is 22.9 Å². The number of ether oxygens (including phenoxy) is 1. The molecule has 214 valence electrons. The highest BCUT2D eigenvalue weighted by atomic mass is 32.2. The Balaban J connectivity index is 0.00000247. The Kier molecular flexibility index (Phi) is 11.6. The van der Waals surface area contributed by atoms with Crippen molar-refractivity contribution >= 4 is 33.1 Å². The first-order valence-electron chi connectivity index (χ1n) is 13.7. The summed E-state index contributed by atoms with van der Waals surface area (Å²) < 4.78 is 34.4. The van der Waals surface area contributed by atoms with Crippen molar-refractivity contribution in [3.63, 3.8) is 0 Å². The molecule has 1 aromatic carbocycles. The minimum absolute atomic E-state index is 0.0681. The fourth-order valence-electron chi connectivity index (χ4n) is 4.74. The fraction of sp³-hybridized carbons (Fsp3) is 0.643. The average molecular weight is 567 g/mol. The van der Waals surface area contributed by atoms with Gasteiger partial charge in [0.25, 0.3) is 0 Å². The number of carbonyl (C=O) groups excluding carboxylic acids is 1. The third kappa shape index (κ3) is 8.95. The third-order valence-corrected chi connectivity index (χ3v) is 9.29. The number of hydrogen-bond donors (Lipinski definition) is 3.